The van der Waals surface area contributed by atoms with E-state index in [1.165, 1.54) is 6.41 Å². The minimum absolute atomic E-state index is 0. The van der Waals surface area contributed by atoms with Gasteiger partial charge in [0.2, 0.25) is 0 Å². The zero-order chi connectivity index (χ0) is 13.3. The smallest absolute Gasteiger partial charge is 0.323 e. The van der Waals surface area contributed by atoms with Gasteiger partial charge in [-0.25, -0.2) is 0 Å². The number of nitrogens with one attached hydrogen (secondary N) is 1. The third-order valence-electron chi connectivity index (χ3n) is 2.09. The minimum Gasteiger partial charge on any atom is -0.520 e. The number of hydrogen-bond donors (Lipinski definition) is 2. The molecule has 0 fully saturated rings. The summed E-state index contributed by atoms with van der Waals surface area (Å²) in [4.78, 5) is 20.8. The molecule has 0 saturated carbocycles. The summed E-state index contributed by atoms with van der Waals surface area (Å²) in [6, 6.07) is 6.58. The Morgan fingerprint density at radius 2 is 1.83 bits per heavy atom. The number of aryl methyl sites for hydroxylation is 1. The van der Waals surface area contributed by atoms with Gasteiger partial charge in [0.25, 0.3) is 0 Å². The molecule has 0 heterocycles. The summed E-state index contributed by atoms with van der Waals surface area (Å²) in [5.74, 6) is -1.06. The van der Waals surface area contributed by atoms with Crippen molar-refractivity contribution in [1.29, 1.82) is 0 Å². The number of amides is 1. The third-order valence-corrected chi connectivity index (χ3v) is 2.09. The van der Waals surface area contributed by atoms with Crippen LogP contribution in [0.15, 0.2) is 24.3 Å². The van der Waals surface area contributed by atoms with Gasteiger partial charge in [-0.1, -0.05) is 43.7 Å². The van der Waals surface area contributed by atoms with E-state index in [9.17, 15) is 9.59 Å². The van der Waals surface area contributed by atoms with Crippen molar-refractivity contribution in [2.24, 2.45) is 0 Å². The number of carboxylic acids is 1. The molecule has 0 aliphatic carbocycles. The SMILES string of the molecule is CC.Cc1ccc(CC(N[C-]=O)C(=O)O)cc1.[Fm]. The van der Waals surface area contributed by atoms with Crippen molar-refractivity contribution < 1.29 is 14.7 Å². The Kier molecular flexibility index (Phi) is 9.16. The zero-order valence-corrected chi connectivity index (χ0v) is 13.1. The predicted molar refractivity (Wildman–Crippen MR) is 66.5 cm³/mol. The molecule has 0 saturated heterocycles. The predicted octanol–water partition coefficient (Wildman–Crippen LogP) is 1.67. The van der Waals surface area contributed by atoms with Crippen molar-refractivity contribution in [3.63, 3.8) is 0 Å². The van der Waals surface area contributed by atoms with Gasteiger partial charge in [-0.2, -0.15) is 6.41 Å². The van der Waals surface area contributed by atoms with Crippen molar-refractivity contribution in [3.05, 3.63) is 35.4 Å². The quantitative estimate of drug-likeness (QED) is 0.485. The third kappa shape index (κ3) is 5.90. The van der Waals surface area contributed by atoms with Gasteiger partial charge in [-0.05, 0) is 12.5 Å². The molecule has 1 amide bonds. The van der Waals surface area contributed by atoms with Gasteiger partial charge in [-0.3, -0.25) is 4.79 Å². The van der Waals surface area contributed by atoms with Gasteiger partial charge in [0.1, 0.15) is 6.04 Å². The molecular weight excluding hydrogens is 475 g/mol. The Balaban J connectivity index is 0. The Morgan fingerprint density at radius 3 is 2.22 bits per heavy atom. The Labute approximate surface area is 102 Å². The fourth-order valence-electron chi connectivity index (χ4n) is 1.23. The molecule has 106 valence electrons. The van der Waals surface area contributed by atoms with E-state index in [1.54, 1.807) is 0 Å². The molecule has 4 nitrogen and oxygen atoms in total. The van der Waals surface area contributed by atoms with E-state index in [1.807, 2.05) is 45.0 Å². The monoisotopic (exact) mass is 493 g/mol. The molecule has 0 bridgehead atoms. The van der Waals surface area contributed by atoms with Crippen LogP contribution in [0, 0.1) is 6.92 Å². The normalized spacial score (nSPS) is 10.2. The summed E-state index contributed by atoms with van der Waals surface area (Å²) in [6.07, 6.45) is 1.67. The molecule has 1 atom stereocenters. The first-order valence-electron chi connectivity index (χ1n) is 5.54. The molecule has 2 N–H and O–H groups in total. The molecule has 1 aromatic rings. The zero-order valence-electron chi connectivity index (χ0n) is 10.6. The second-order valence-electron chi connectivity index (χ2n) is 3.33. The van der Waals surface area contributed by atoms with E-state index in [0.29, 0.717) is 0 Å². The van der Waals surface area contributed by atoms with Crippen molar-refractivity contribution >= 4 is 12.4 Å². The maximum absolute atomic E-state index is 10.7. The summed E-state index contributed by atoms with van der Waals surface area (Å²) < 4.78 is 0. The minimum atomic E-state index is -1.06. The van der Waals surface area contributed by atoms with E-state index in [-0.39, 0.29) is 6.42 Å². The van der Waals surface area contributed by atoms with E-state index in [2.05, 4.69) is 5.32 Å². The van der Waals surface area contributed by atoms with Crippen molar-refractivity contribution in [2.45, 2.75) is 33.2 Å². The second-order valence-corrected chi connectivity index (χ2v) is 3.33. The maximum Gasteiger partial charge on any atom is 0.323 e. The van der Waals surface area contributed by atoms with Crippen LogP contribution in [0.2, 0.25) is 0 Å². The van der Waals surface area contributed by atoms with Gasteiger partial charge in [-0.15, -0.1) is 0 Å². The standard InChI is InChI=1S/C11H12NO3.C2H6.Fm/c1-8-2-4-9(5-3-8)6-10(11(14)15)12-7-13;1-2;/h2-5,10H,6H2,1H3,(H,12,13)(H,14,15);1-2H3;/q-1;;. The van der Waals surface area contributed by atoms with Crippen LogP contribution in [0.3, 0.4) is 0 Å². The molecular formula is C13H18FmNO3-. The number of carbonyl (C=O) groups is 1. The summed E-state index contributed by atoms with van der Waals surface area (Å²) in [5.41, 5.74) is 1.98. The summed E-state index contributed by atoms with van der Waals surface area (Å²) in [7, 11) is 0. The van der Waals surface area contributed by atoms with Crippen LogP contribution < -0.4 is 5.32 Å². The molecule has 5 heteroatoms. The average Bonchev–Trinajstić information content (AvgIpc) is 2.34. The van der Waals surface area contributed by atoms with Crippen molar-refractivity contribution in [2.75, 3.05) is 0 Å². The number of benzene rings is 1. The van der Waals surface area contributed by atoms with Crippen LogP contribution >= 0.6 is 0 Å². The van der Waals surface area contributed by atoms with Crippen LogP contribution in [0.4, 0.5) is 0 Å². The van der Waals surface area contributed by atoms with Crippen molar-refractivity contribution in [1.82, 2.24) is 5.32 Å². The Morgan fingerprint density at radius 1 is 1.33 bits per heavy atom. The molecule has 0 aliphatic rings. The fourth-order valence-corrected chi connectivity index (χ4v) is 1.23. The molecule has 0 aromatic heterocycles. The maximum atomic E-state index is 10.7. The molecule has 0 aliphatic heterocycles. The Hall–Kier alpha value is -2.84. The molecule has 1 unspecified atom stereocenters. The first-order chi connectivity index (χ1) is 8.13. The first-order valence-corrected chi connectivity index (χ1v) is 5.54. The molecule has 1 rings (SSSR count). The number of rotatable bonds is 5. The molecule has 1 aromatic carbocycles. The van der Waals surface area contributed by atoms with Gasteiger partial charge >= 0.3 is 5.97 Å². The van der Waals surface area contributed by atoms with Gasteiger partial charge in [0.05, 0.1) is 0 Å². The van der Waals surface area contributed by atoms with E-state index in [4.69, 9.17) is 5.11 Å². The average molecular weight is 493 g/mol. The van der Waals surface area contributed by atoms with Crippen LogP contribution in [0.25, 0.3) is 0 Å². The van der Waals surface area contributed by atoms with Crippen LogP contribution in [-0.4, -0.2) is 23.5 Å². The van der Waals surface area contributed by atoms with Crippen molar-refractivity contribution in [3.8, 4) is 0 Å². The van der Waals surface area contributed by atoms with E-state index < -0.39 is 12.0 Å². The summed E-state index contributed by atoms with van der Waals surface area (Å²) in [5, 5.41) is 10.9. The van der Waals surface area contributed by atoms with E-state index >= 15 is 0 Å². The topological polar surface area (TPSA) is 66.4 Å². The Bertz CT molecular complexity index is 352. The largest absolute Gasteiger partial charge is 0.520 e. The van der Waals surface area contributed by atoms with Crippen LogP contribution in [0.1, 0.15) is 25.0 Å². The second kappa shape index (κ2) is 9.39. The summed E-state index contributed by atoms with van der Waals surface area (Å²) >= 11 is 0. The van der Waals surface area contributed by atoms with Crippen LogP contribution in [-0.2, 0) is 16.0 Å². The van der Waals surface area contributed by atoms with Gasteiger partial charge in [0.15, 0.2) is 0 Å². The van der Waals surface area contributed by atoms with E-state index in [0.717, 1.165) is 11.1 Å². The number of hydrogen-bond acceptors (Lipinski definition) is 2. The molecule has 18 heavy (non-hydrogen) atoms. The fraction of sp³-hybridized carbons (Fsp3) is 0.385. The number of aliphatic carboxylic acids is 1. The van der Waals surface area contributed by atoms with Gasteiger partial charge < -0.3 is 15.2 Å². The first kappa shape index (κ1) is 17.6. The van der Waals surface area contributed by atoms with Crippen LogP contribution in [0.5, 0.6) is 0 Å². The molecule has 0 radical (unpaired) electrons. The summed E-state index contributed by atoms with van der Waals surface area (Å²) in [6.45, 7) is 5.95. The number of carbonyl (C=O) groups excluding carboxylic acids is 1. The molecule has 0 spiro atoms. The number of carboxylic acid groups (broad SMARTS) is 1. The van der Waals surface area contributed by atoms with Gasteiger partial charge in [0, 0.05) is 6.42 Å².